The maximum Gasteiger partial charge on any atom is 0.335 e. The predicted octanol–water partition coefficient (Wildman–Crippen LogP) is 3.79. The summed E-state index contributed by atoms with van der Waals surface area (Å²) in [6.07, 6.45) is 0. The molecular formula is C18H13NO3. The molecule has 0 unspecified atom stereocenters. The van der Waals surface area contributed by atoms with Crippen LogP contribution in [0.15, 0.2) is 66.7 Å². The van der Waals surface area contributed by atoms with Crippen LogP contribution in [-0.2, 0) is 0 Å². The van der Waals surface area contributed by atoms with Crippen molar-refractivity contribution < 1.29 is 14.7 Å². The molecule has 0 fully saturated rings. The van der Waals surface area contributed by atoms with Crippen molar-refractivity contribution in [2.24, 2.45) is 0 Å². The first kappa shape index (κ1) is 13.8. The lowest BCUT2D eigenvalue weighted by molar-refractivity contribution is 0.0696. The van der Waals surface area contributed by atoms with Crippen molar-refractivity contribution in [3.8, 4) is 0 Å². The van der Waals surface area contributed by atoms with E-state index in [0.717, 1.165) is 16.5 Å². The monoisotopic (exact) mass is 291 g/mol. The zero-order valence-electron chi connectivity index (χ0n) is 11.6. The Morgan fingerprint density at radius 2 is 1.41 bits per heavy atom. The Bertz CT molecular complexity index is 848. The fraction of sp³-hybridized carbons (Fsp3) is 0. The average molecular weight is 291 g/mol. The number of hydrogen-bond donors (Lipinski definition) is 2. The van der Waals surface area contributed by atoms with Gasteiger partial charge in [-0.25, -0.2) is 4.79 Å². The number of nitrogens with one attached hydrogen (secondary N) is 1. The molecule has 0 bridgehead atoms. The molecule has 0 aliphatic heterocycles. The van der Waals surface area contributed by atoms with E-state index < -0.39 is 5.97 Å². The van der Waals surface area contributed by atoms with Crippen LogP contribution in [0, 0.1) is 0 Å². The molecule has 3 rings (SSSR count). The van der Waals surface area contributed by atoms with Crippen molar-refractivity contribution in [3.05, 3.63) is 77.9 Å². The van der Waals surface area contributed by atoms with Gasteiger partial charge in [0, 0.05) is 16.6 Å². The van der Waals surface area contributed by atoms with Crippen molar-refractivity contribution in [1.29, 1.82) is 0 Å². The molecule has 0 aliphatic carbocycles. The molecule has 0 spiro atoms. The normalized spacial score (nSPS) is 10.4. The van der Waals surface area contributed by atoms with Gasteiger partial charge in [0.25, 0.3) is 5.91 Å². The van der Waals surface area contributed by atoms with E-state index in [9.17, 15) is 9.59 Å². The van der Waals surface area contributed by atoms with Crippen LogP contribution in [-0.4, -0.2) is 17.0 Å². The van der Waals surface area contributed by atoms with E-state index in [2.05, 4.69) is 5.32 Å². The largest absolute Gasteiger partial charge is 0.478 e. The van der Waals surface area contributed by atoms with Crippen LogP contribution in [0.3, 0.4) is 0 Å². The molecule has 0 aliphatic rings. The topological polar surface area (TPSA) is 66.4 Å². The van der Waals surface area contributed by atoms with Crippen molar-refractivity contribution in [1.82, 2.24) is 0 Å². The molecule has 2 N–H and O–H groups in total. The third kappa shape index (κ3) is 2.67. The summed E-state index contributed by atoms with van der Waals surface area (Å²) < 4.78 is 0. The minimum Gasteiger partial charge on any atom is -0.478 e. The van der Waals surface area contributed by atoms with E-state index in [1.807, 2.05) is 42.5 Å². The zero-order valence-corrected chi connectivity index (χ0v) is 11.6. The van der Waals surface area contributed by atoms with Gasteiger partial charge in [-0.15, -0.1) is 0 Å². The number of carboxylic acid groups (broad SMARTS) is 1. The summed E-state index contributed by atoms with van der Waals surface area (Å²) in [5, 5.41) is 13.7. The van der Waals surface area contributed by atoms with Gasteiger partial charge in [0.2, 0.25) is 0 Å². The lowest BCUT2D eigenvalue weighted by Gasteiger charge is -2.09. The first-order valence-corrected chi connectivity index (χ1v) is 6.77. The van der Waals surface area contributed by atoms with Gasteiger partial charge in [0.05, 0.1) is 5.56 Å². The second kappa shape index (κ2) is 5.69. The van der Waals surface area contributed by atoms with Gasteiger partial charge >= 0.3 is 5.97 Å². The highest BCUT2D eigenvalue weighted by Gasteiger charge is 2.09. The molecule has 3 aromatic carbocycles. The lowest BCUT2D eigenvalue weighted by Crippen LogP contribution is -2.12. The number of amides is 1. The Hall–Kier alpha value is -3.14. The maximum atomic E-state index is 12.3. The van der Waals surface area contributed by atoms with Crippen LogP contribution in [0.4, 0.5) is 5.69 Å². The van der Waals surface area contributed by atoms with Crippen molar-refractivity contribution >= 4 is 28.3 Å². The minimum atomic E-state index is -1.01. The fourth-order valence-corrected chi connectivity index (χ4v) is 2.29. The molecule has 0 atom stereocenters. The third-order valence-corrected chi connectivity index (χ3v) is 3.43. The first-order valence-electron chi connectivity index (χ1n) is 6.77. The van der Waals surface area contributed by atoms with Gasteiger partial charge < -0.3 is 10.4 Å². The van der Waals surface area contributed by atoms with Gasteiger partial charge in [-0.05, 0) is 35.7 Å². The van der Waals surface area contributed by atoms with Crippen LogP contribution in [0.1, 0.15) is 20.7 Å². The third-order valence-electron chi connectivity index (χ3n) is 3.43. The standard InChI is InChI=1S/C18H13NO3/c20-17(13-8-10-14(11-9-13)18(21)22)19-16-7-3-5-12-4-1-2-6-15(12)16/h1-11H,(H,19,20)(H,21,22). The van der Waals surface area contributed by atoms with Crippen molar-refractivity contribution in [2.75, 3.05) is 5.32 Å². The number of benzene rings is 3. The van der Waals surface area contributed by atoms with E-state index in [-0.39, 0.29) is 11.5 Å². The summed E-state index contributed by atoms with van der Waals surface area (Å²) in [5.41, 5.74) is 1.30. The molecule has 0 radical (unpaired) electrons. The molecule has 0 aromatic heterocycles. The van der Waals surface area contributed by atoms with E-state index in [1.165, 1.54) is 24.3 Å². The Morgan fingerprint density at radius 1 is 0.773 bits per heavy atom. The quantitative estimate of drug-likeness (QED) is 0.771. The minimum absolute atomic E-state index is 0.154. The highest BCUT2D eigenvalue weighted by atomic mass is 16.4. The lowest BCUT2D eigenvalue weighted by atomic mass is 10.1. The number of aromatic carboxylic acids is 1. The summed E-state index contributed by atoms with van der Waals surface area (Å²) in [5.74, 6) is -1.28. The molecule has 4 nitrogen and oxygen atoms in total. The number of hydrogen-bond acceptors (Lipinski definition) is 2. The first-order chi connectivity index (χ1) is 10.6. The highest BCUT2D eigenvalue weighted by molar-refractivity contribution is 6.09. The Balaban J connectivity index is 1.88. The summed E-state index contributed by atoms with van der Waals surface area (Å²) >= 11 is 0. The number of carboxylic acids is 1. The molecule has 4 heteroatoms. The molecule has 0 heterocycles. The van der Waals surface area contributed by atoms with E-state index >= 15 is 0 Å². The number of carbonyl (C=O) groups is 2. The summed E-state index contributed by atoms with van der Waals surface area (Å²) in [6, 6.07) is 19.3. The molecule has 3 aromatic rings. The number of fused-ring (bicyclic) bond motifs is 1. The van der Waals surface area contributed by atoms with E-state index in [4.69, 9.17) is 5.11 Å². The van der Waals surface area contributed by atoms with Crippen molar-refractivity contribution in [2.45, 2.75) is 0 Å². The van der Waals surface area contributed by atoms with Crippen molar-refractivity contribution in [3.63, 3.8) is 0 Å². The highest BCUT2D eigenvalue weighted by Crippen LogP contribution is 2.23. The van der Waals surface area contributed by atoms with E-state index in [1.54, 1.807) is 0 Å². The Kier molecular flexibility index (Phi) is 3.58. The fourth-order valence-electron chi connectivity index (χ4n) is 2.29. The smallest absolute Gasteiger partial charge is 0.335 e. The van der Waals surface area contributed by atoms with Gasteiger partial charge in [-0.1, -0.05) is 36.4 Å². The summed E-state index contributed by atoms with van der Waals surface area (Å²) in [4.78, 5) is 23.1. The van der Waals surface area contributed by atoms with Crippen LogP contribution in [0.2, 0.25) is 0 Å². The SMILES string of the molecule is O=C(O)c1ccc(C(=O)Nc2cccc3ccccc23)cc1. The molecular weight excluding hydrogens is 278 g/mol. The molecule has 1 amide bonds. The zero-order chi connectivity index (χ0) is 15.5. The molecule has 0 saturated heterocycles. The van der Waals surface area contributed by atoms with Crippen LogP contribution in [0.25, 0.3) is 10.8 Å². The maximum absolute atomic E-state index is 12.3. The van der Waals surface area contributed by atoms with Crippen LogP contribution in [0.5, 0.6) is 0 Å². The average Bonchev–Trinajstić information content (AvgIpc) is 2.55. The Labute approximate surface area is 127 Å². The van der Waals surface area contributed by atoms with Gasteiger partial charge in [0.15, 0.2) is 0 Å². The van der Waals surface area contributed by atoms with Gasteiger partial charge in [-0.2, -0.15) is 0 Å². The molecule has 0 saturated carbocycles. The van der Waals surface area contributed by atoms with Gasteiger partial charge in [0.1, 0.15) is 0 Å². The van der Waals surface area contributed by atoms with E-state index in [0.29, 0.717) is 5.56 Å². The molecule has 108 valence electrons. The van der Waals surface area contributed by atoms with Crippen LogP contribution < -0.4 is 5.32 Å². The summed E-state index contributed by atoms with van der Waals surface area (Å²) in [7, 11) is 0. The number of anilines is 1. The second-order valence-corrected chi connectivity index (χ2v) is 4.86. The second-order valence-electron chi connectivity index (χ2n) is 4.86. The predicted molar refractivity (Wildman–Crippen MR) is 85.3 cm³/mol. The molecule has 22 heavy (non-hydrogen) atoms. The summed E-state index contributed by atoms with van der Waals surface area (Å²) in [6.45, 7) is 0. The Morgan fingerprint density at radius 3 is 2.14 bits per heavy atom. The van der Waals surface area contributed by atoms with Gasteiger partial charge in [-0.3, -0.25) is 4.79 Å². The number of rotatable bonds is 3. The van der Waals surface area contributed by atoms with Crippen LogP contribution >= 0.6 is 0 Å². The number of carbonyl (C=O) groups excluding carboxylic acids is 1.